The zero-order valence-electron chi connectivity index (χ0n) is 15.0. The van der Waals surface area contributed by atoms with E-state index in [0.717, 1.165) is 55.1 Å². The van der Waals surface area contributed by atoms with Crippen molar-refractivity contribution < 1.29 is 14.3 Å². The molecule has 1 aliphatic rings. The quantitative estimate of drug-likeness (QED) is 0.808. The summed E-state index contributed by atoms with van der Waals surface area (Å²) in [6.45, 7) is 6.21. The average molecular weight is 345 g/mol. The predicted octanol–water partition coefficient (Wildman–Crippen LogP) is 2.29. The molecule has 2 N–H and O–H groups in total. The second-order valence-electron chi connectivity index (χ2n) is 6.56. The number of ether oxygens (including phenoxy) is 2. The molecule has 1 atom stereocenters. The molecule has 2 heterocycles. The summed E-state index contributed by atoms with van der Waals surface area (Å²) in [6, 6.07) is 8.36. The van der Waals surface area contributed by atoms with Gasteiger partial charge in [0.1, 0.15) is 5.75 Å². The van der Waals surface area contributed by atoms with Crippen LogP contribution in [0.4, 0.5) is 0 Å². The average Bonchev–Trinajstić information content (AvgIpc) is 3.07. The van der Waals surface area contributed by atoms with Crippen LogP contribution in [0, 0.1) is 0 Å². The number of benzene rings is 1. The van der Waals surface area contributed by atoms with Crippen molar-refractivity contribution in [2.24, 2.45) is 0 Å². The Hall–Kier alpha value is -2.05. The SMILES string of the molecule is COc1ccc2[nH]c(CNC(=O)CC[C@@H](C)N3CCOCC3)cc2c1. The van der Waals surface area contributed by atoms with Crippen molar-refractivity contribution in [2.45, 2.75) is 32.4 Å². The van der Waals surface area contributed by atoms with Gasteiger partial charge in [-0.3, -0.25) is 9.69 Å². The van der Waals surface area contributed by atoms with Crippen molar-refractivity contribution in [1.29, 1.82) is 0 Å². The van der Waals surface area contributed by atoms with E-state index >= 15 is 0 Å². The lowest BCUT2D eigenvalue weighted by molar-refractivity contribution is -0.121. The minimum Gasteiger partial charge on any atom is -0.497 e. The fourth-order valence-corrected chi connectivity index (χ4v) is 3.22. The molecule has 2 aromatic rings. The number of carbonyl (C=O) groups excluding carboxylic acids is 1. The van der Waals surface area contributed by atoms with Gasteiger partial charge in [0.25, 0.3) is 0 Å². The number of rotatable bonds is 7. The number of methoxy groups -OCH3 is 1. The first-order valence-electron chi connectivity index (χ1n) is 8.90. The fourth-order valence-electron chi connectivity index (χ4n) is 3.22. The van der Waals surface area contributed by atoms with Gasteiger partial charge in [-0.2, -0.15) is 0 Å². The van der Waals surface area contributed by atoms with Gasteiger partial charge in [0.05, 0.1) is 26.9 Å². The first-order valence-corrected chi connectivity index (χ1v) is 8.90. The van der Waals surface area contributed by atoms with Crippen LogP contribution in [0.5, 0.6) is 5.75 Å². The molecule has 1 amide bonds. The number of nitrogens with one attached hydrogen (secondary N) is 2. The van der Waals surface area contributed by atoms with Gasteiger partial charge in [0.15, 0.2) is 0 Å². The second-order valence-corrected chi connectivity index (χ2v) is 6.56. The zero-order chi connectivity index (χ0) is 17.6. The van der Waals surface area contributed by atoms with Crippen molar-refractivity contribution in [3.05, 3.63) is 30.0 Å². The van der Waals surface area contributed by atoms with Crippen LogP contribution >= 0.6 is 0 Å². The molecule has 1 aromatic carbocycles. The third-order valence-electron chi connectivity index (χ3n) is 4.82. The largest absolute Gasteiger partial charge is 0.497 e. The van der Waals surface area contributed by atoms with Crippen molar-refractivity contribution >= 4 is 16.8 Å². The Morgan fingerprint density at radius 3 is 2.92 bits per heavy atom. The predicted molar refractivity (Wildman–Crippen MR) is 97.8 cm³/mol. The maximum absolute atomic E-state index is 12.1. The third-order valence-corrected chi connectivity index (χ3v) is 4.82. The van der Waals surface area contributed by atoms with E-state index in [-0.39, 0.29) is 5.91 Å². The highest BCUT2D eigenvalue weighted by Gasteiger charge is 2.17. The molecule has 0 saturated carbocycles. The van der Waals surface area contributed by atoms with Gasteiger partial charge in [-0.25, -0.2) is 0 Å². The van der Waals surface area contributed by atoms with Gasteiger partial charge in [-0.1, -0.05) is 0 Å². The molecule has 0 aliphatic carbocycles. The van der Waals surface area contributed by atoms with Gasteiger partial charge in [-0.05, 0) is 37.6 Å². The zero-order valence-corrected chi connectivity index (χ0v) is 15.0. The highest BCUT2D eigenvalue weighted by atomic mass is 16.5. The molecule has 1 saturated heterocycles. The number of aromatic amines is 1. The molecular formula is C19H27N3O3. The van der Waals surface area contributed by atoms with Gasteiger partial charge in [-0.15, -0.1) is 0 Å². The van der Waals surface area contributed by atoms with E-state index in [9.17, 15) is 4.79 Å². The van der Waals surface area contributed by atoms with Crippen molar-refractivity contribution in [2.75, 3.05) is 33.4 Å². The number of H-pyrrole nitrogens is 1. The molecular weight excluding hydrogens is 318 g/mol. The summed E-state index contributed by atoms with van der Waals surface area (Å²) >= 11 is 0. The highest BCUT2D eigenvalue weighted by molar-refractivity contribution is 5.82. The number of fused-ring (bicyclic) bond motifs is 1. The van der Waals surface area contributed by atoms with Crippen LogP contribution in [0.2, 0.25) is 0 Å². The molecule has 0 bridgehead atoms. The molecule has 0 unspecified atom stereocenters. The third kappa shape index (κ3) is 4.74. The Balaban J connectivity index is 1.45. The number of hydrogen-bond acceptors (Lipinski definition) is 4. The molecule has 1 aliphatic heterocycles. The summed E-state index contributed by atoms with van der Waals surface area (Å²) in [5.74, 6) is 0.926. The standard InChI is InChI=1S/C19H27N3O3/c1-14(22-7-9-25-10-8-22)3-6-19(23)20-13-16-11-15-12-17(24-2)4-5-18(15)21-16/h4-5,11-12,14,21H,3,6-10,13H2,1-2H3,(H,20,23)/t14-/m1/s1. The van der Waals surface area contributed by atoms with Crippen LogP contribution < -0.4 is 10.1 Å². The molecule has 6 nitrogen and oxygen atoms in total. The van der Waals surface area contributed by atoms with Crippen LogP contribution in [-0.2, 0) is 16.1 Å². The van der Waals surface area contributed by atoms with Crippen LogP contribution in [0.15, 0.2) is 24.3 Å². The van der Waals surface area contributed by atoms with Crippen molar-refractivity contribution in [1.82, 2.24) is 15.2 Å². The normalized spacial score (nSPS) is 16.7. The van der Waals surface area contributed by atoms with E-state index in [4.69, 9.17) is 9.47 Å². The molecule has 0 spiro atoms. The minimum atomic E-state index is 0.0938. The molecule has 6 heteroatoms. The first kappa shape index (κ1) is 17.8. The summed E-state index contributed by atoms with van der Waals surface area (Å²) in [6.07, 6.45) is 1.42. The van der Waals surface area contributed by atoms with Gasteiger partial charge in [0, 0.05) is 42.1 Å². The van der Waals surface area contributed by atoms with E-state index in [1.165, 1.54) is 0 Å². The van der Waals surface area contributed by atoms with Crippen LogP contribution in [0.25, 0.3) is 10.9 Å². The summed E-state index contributed by atoms with van der Waals surface area (Å²) < 4.78 is 10.6. The Labute approximate surface area is 148 Å². The van der Waals surface area contributed by atoms with Crippen LogP contribution in [-0.4, -0.2) is 55.2 Å². The fraction of sp³-hybridized carbons (Fsp3) is 0.526. The van der Waals surface area contributed by atoms with E-state index in [1.807, 2.05) is 18.2 Å². The number of aromatic nitrogens is 1. The Morgan fingerprint density at radius 2 is 2.16 bits per heavy atom. The first-order chi connectivity index (χ1) is 12.2. The smallest absolute Gasteiger partial charge is 0.220 e. The molecule has 1 fully saturated rings. The lowest BCUT2D eigenvalue weighted by atomic mass is 10.1. The van der Waals surface area contributed by atoms with Gasteiger partial charge < -0.3 is 19.8 Å². The number of hydrogen-bond donors (Lipinski definition) is 2. The molecule has 136 valence electrons. The molecule has 3 rings (SSSR count). The summed E-state index contributed by atoms with van der Waals surface area (Å²) in [5, 5.41) is 4.09. The number of carbonyl (C=O) groups is 1. The highest BCUT2D eigenvalue weighted by Crippen LogP contribution is 2.21. The Bertz CT molecular complexity index is 707. The van der Waals surface area contributed by atoms with E-state index in [1.54, 1.807) is 7.11 Å². The van der Waals surface area contributed by atoms with Gasteiger partial charge in [0.2, 0.25) is 5.91 Å². The van der Waals surface area contributed by atoms with Crippen LogP contribution in [0.1, 0.15) is 25.5 Å². The maximum atomic E-state index is 12.1. The lowest BCUT2D eigenvalue weighted by Crippen LogP contribution is -2.42. The maximum Gasteiger partial charge on any atom is 0.220 e. The topological polar surface area (TPSA) is 66.6 Å². The molecule has 0 radical (unpaired) electrons. The van der Waals surface area contributed by atoms with Crippen molar-refractivity contribution in [3.8, 4) is 5.75 Å². The van der Waals surface area contributed by atoms with E-state index in [2.05, 4.69) is 28.2 Å². The molecule has 25 heavy (non-hydrogen) atoms. The monoisotopic (exact) mass is 345 g/mol. The van der Waals surface area contributed by atoms with Crippen molar-refractivity contribution in [3.63, 3.8) is 0 Å². The summed E-state index contributed by atoms with van der Waals surface area (Å²) in [7, 11) is 1.66. The lowest BCUT2D eigenvalue weighted by Gasteiger charge is -2.32. The van der Waals surface area contributed by atoms with Gasteiger partial charge >= 0.3 is 0 Å². The van der Waals surface area contributed by atoms with E-state index in [0.29, 0.717) is 19.0 Å². The second kappa shape index (κ2) is 8.36. The summed E-state index contributed by atoms with van der Waals surface area (Å²) in [4.78, 5) is 17.8. The Kier molecular flexibility index (Phi) is 5.94. The number of amides is 1. The van der Waals surface area contributed by atoms with Crippen LogP contribution in [0.3, 0.4) is 0 Å². The number of nitrogens with zero attached hydrogens (tertiary/aromatic N) is 1. The summed E-state index contributed by atoms with van der Waals surface area (Å²) in [5.41, 5.74) is 2.05. The Morgan fingerprint density at radius 1 is 1.36 bits per heavy atom. The van der Waals surface area contributed by atoms with E-state index < -0.39 is 0 Å². The number of morpholine rings is 1. The molecule has 1 aromatic heterocycles. The minimum absolute atomic E-state index is 0.0938.